The molecule has 13 heavy (non-hydrogen) atoms. The van der Waals surface area contributed by atoms with Crippen molar-refractivity contribution in [2.75, 3.05) is 13.2 Å². The lowest BCUT2D eigenvalue weighted by atomic mass is 10.2. The second kappa shape index (κ2) is 4.44. The average Bonchev–Trinajstić information content (AvgIpc) is 2.30. The number of nitrogens with one attached hydrogen (secondary N) is 1. The minimum atomic E-state index is -0.267. The molecule has 1 heterocycles. The summed E-state index contributed by atoms with van der Waals surface area (Å²) in [5.41, 5.74) is 0.896. The molecule has 72 valence electrons. The van der Waals surface area contributed by atoms with Crippen molar-refractivity contribution in [1.82, 2.24) is 5.32 Å². The monoisotopic (exact) mass is 203 g/mol. The van der Waals surface area contributed by atoms with Crippen molar-refractivity contribution in [3.05, 3.63) is 29.6 Å². The molecule has 0 aliphatic carbocycles. The number of ether oxygens (including phenoxy) is 1. The normalized spacial score (nSPS) is 14.8. The maximum Gasteiger partial charge on any atom is 0.165 e. The third-order valence-corrected chi connectivity index (χ3v) is 1.89. The molecule has 1 N–H and O–H groups in total. The molecule has 1 aliphatic rings. The smallest absolute Gasteiger partial charge is 0.165 e. The second-order valence-electron chi connectivity index (χ2n) is 2.75. The highest BCUT2D eigenvalue weighted by Crippen LogP contribution is 2.23. The molecule has 2 nitrogen and oxygen atoms in total. The van der Waals surface area contributed by atoms with E-state index in [2.05, 4.69) is 5.32 Å². The molecule has 0 radical (unpaired) electrons. The first-order chi connectivity index (χ1) is 5.88. The van der Waals surface area contributed by atoms with Crippen LogP contribution in [0.25, 0.3) is 0 Å². The Hall–Kier alpha value is -0.800. The molecule has 0 unspecified atom stereocenters. The summed E-state index contributed by atoms with van der Waals surface area (Å²) in [4.78, 5) is 0. The van der Waals surface area contributed by atoms with Gasteiger partial charge in [-0.1, -0.05) is 12.1 Å². The van der Waals surface area contributed by atoms with E-state index in [0.29, 0.717) is 18.9 Å². The minimum Gasteiger partial charge on any atom is -0.489 e. The number of rotatable bonds is 0. The molecule has 1 aromatic rings. The van der Waals surface area contributed by atoms with E-state index in [1.165, 1.54) is 6.07 Å². The SMILES string of the molecule is Cl.Fc1cccc2c1OCCNC2. The van der Waals surface area contributed by atoms with Crippen LogP contribution in [-0.4, -0.2) is 13.2 Å². The molecule has 0 aromatic heterocycles. The van der Waals surface area contributed by atoms with Gasteiger partial charge in [-0.15, -0.1) is 12.4 Å². The predicted molar refractivity (Wildman–Crippen MR) is 50.8 cm³/mol. The van der Waals surface area contributed by atoms with Crippen molar-refractivity contribution >= 4 is 12.4 Å². The highest BCUT2D eigenvalue weighted by molar-refractivity contribution is 5.85. The van der Waals surface area contributed by atoms with E-state index in [4.69, 9.17) is 4.74 Å². The van der Waals surface area contributed by atoms with Gasteiger partial charge in [0.15, 0.2) is 11.6 Å². The van der Waals surface area contributed by atoms with Gasteiger partial charge >= 0.3 is 0 Å². The Morgan fingerprint density at radius 1 is 1.38 bits per heavy atom. The second-order valence-corrected chi connectivity index (χ2v) is 2.75. The van der Waals surface area contributed by atoms with Gasteiger partial charge in [0, 0.05) is 18.7 Å². The van der Waals surface area contributed by atoms with Gasteiger partial charge in [0.1, 0.15) is 6.61 Å². The Morgan fingerprint density at radius 3 is 3.08 bits per heavy atom. The predicted octanol–water partition coefficient (Wildman–Crippen LogP) is 1.73. The Kier molecular flexibility index (Phi) is 3.51. The fraction of sp³-hybridized carbons (Fsp3) is 0.333. The topological polar surface area (TPSA) is 21.3 Å². The summed E-state index contributed by atoms with van der Waals surface area (Å²) in [6.07, 6.45) is 0. The third kappa shape index (κ3) is 2.11. The number of halogens is 2. The molecule has 0 spiro atoms. The lowest BCUT2D eigenvalue weighted by Gasteiger charge is -2.05. The lowest BCUT2D eigenvalue weighted by molar-refractivity contribution is 0.309. The van der Waals surface area contributed by atoms with E-state index in [-0.39, 0.29) is 18.2 Å². The minimum absolute atomic E-state index is 0. The molecule has 0 atom stereocenters. The van der Waals surface area contributed by atoms with Crippen molar-refractivity contribution in [2.24, 2.45) is 0 Å². The van der Waals surface area contributed by atoms with Gasteiger partial charge in [-0.05, 0) is 6.07 Å². The number of para-hydroxylation sites is 1. The van der Waals surface area contributed by atoms with Gasteiger partial charge in [-0.3, -0.25) is 0 Å². The van der Waals surface area contributed by atoms with Crippen LogP contribution in [0.1, 0.15) is 5.56 Å². The molecular weight excluding hydrogens is 193 g/mol. The Balaban J connectivity index is 0.000000845. The molecule has 4 heteroatoms. The number of hydrogen-bond acceptors (Lipinski definition) is 2. The van der Waals surface area contributed by atoms with Crippen LogP contribution < -0.4 is 10.1 Å². The molecule has 1 aromatic carbocycles. The molecule has 0 bridgehead atoms. The zero-order chi connectivity index (χ0) is 8.39. The van der Waals surface area contributed by atoms with Gasteiger partial charge in [0.05, 0.1) is 0 Å². The largest absolute Gasteiger partial charge is 0.489 e. The van der Waals surface area contributed by atoms with Crippen LogP contribution in [0.3, 0.4) is 0 Å². The first-order valence-electron chi connectivity index (χ1n) is 3.99. The summed E-state index contributed by atoms with van der Waals surface area (Å²) in [7, 11) is 0. The fourth-order valence-electron chi connectivity index (χ4n) is 1.30. The first kappa shape index (κ1) is 10.3. The molecule has 0 saturated heterocycles. The van der Waals surface area contributed by atoms with Crippen molar-refractivity contribution in [3.63, 3.8) is 0 Å². The third-order valence-electron chi connectivity index (χ3n) is 1.89. The van der Waals surface area contributed by atoms with Crippen LogP contribution in [0.15, 0.2) is 18.2 Å². The summed E-state index contributed by atoms with van der Waals surface area (Å²) >= 11 is 0. The van der Waals surface area contributed by atoms with Gasteiger partial charge in [0.25, 0.3) is 0 Å². The Morgan fingerprint density at radius 2 is 2.23 bits per heavy atom. The van der Waals surface area contributed by atoms with E-state index in [0.717, 1.165) is 12.1 Å². The molecular formula is C9H11ClFNO. The van der Waals surface area contributed by atoms with Gasteiger partial charge in [-0.25, -0.2) is 4.39 Å². The van der Waals surface area contributed by atoms with Crippen LogP contribution in [0.5, 0.6) is 5.75 Å². The summed E-state index contributed by atoms with van der Waals surface area (Å²) in [5, 5.41) is 3.14. The molecule has 0 fully saturated rings. The number of benzene rings is 1. The molecule has 0 saturated carbocycles. The van der Waals surface area contributed by atoms with E-state index in [1.54, 1.807) is 6.07 Å². The summed E-state index contributed by atoms with van der Waals surface area (Å²) in [6.45, 7) is 2.00. The highest BCUT2D eigenvalue weighted by atomic mass is 35.5. The van der Waals surface area contributed by atoms with E-state index < -0.39 is 0 Å². The average molecular weight is 204 g/mol. The van der Waals surface area contributed by atoms with Gasteiger partial charge in [0.2, 0.25) is 0 Å². The van der Waals surface area contributed by atoms with Crippen molar-refractivity contribution < 1.29 is 9.13 Å². The Labute approximate surface area is 82.5 Å². The van der Waals surface area contributed by atoms with E-state index >= 15 is 0 Å². The number of fused-ring (bicyclic) bond motifs is 1. The maximum absolute atomic E-state index is 13.1. The summed E-state index contributed by atoms with van der Waals surface area (Å²) < 4.78 is 18.3. The van der Waals surface area contributed by atoms with Gasteiger partial charge < -0.3 is 10.1 Å². The molecule has 2 rings (SSSR count). The zero-order valence-electron chi connectivity index (χ0n) is 7.05. The van der Waals surface area contributed by atoms with Gasteiger partial charge in [-0.2, -0.15) is 0 Å². The zero-order valence-corrected chi connectivity index (χ0v) is 7.86. The van der Waals surface area contributed by atoms with Crippen LogP contribution in [0.2, 0.25) is 0 Å². The van der Waals surface area contributed by atoms with Crippen LogP contribution in [0.4, 0.5) is 4.39 Å². The first-order valence-corrected chi connectivity index (χ1v) is 3.99. The summed E-state index contributed by atoms with van der Waals surface area (Å²) in [6, 6.07) is 4.99. The lowest BCUT2D eigenvalue weighted by Crippen LogP contribution is -2.16. The number of hydrogen-bond donors (Lipinski definition) is 1. The van der Waals surface area contributed by atoms with E-state index in [1.807, 2.05) is 6.07 Å². The standard InChI is InChI=1S/C9H10FNO.ClH/c10-8-3-1-2-7-6-11-4-5-12-9(7)8;/h1-3,11H,4-6H2;1H. The summed E-state index contributed by atoms with van der Waals surface area (Å²) in [5.74, 6) is 0.138. The van der Waals surface area contributed by atoms with Crippen LogP contribution >= 0.6 is 12.4 Å². The van der Waals surface area contributed by atoms with Crippen LogP contribution in [-0.2, 0) is 6.54 Å². The van der Waals surface area contributed by atoms with E-state index in [9.17, 15) is 4.39 Å². The van der Waals surface area contributed by atoms with Crippen molar-refractivity contribution in [3.8, 4) is 5.75 Å². The fourth-order valence-corrected chi connectivity index (χ4v) is 1.30. The molecule has 1 aliphatic heterocycles. The maximum atomic E-state index is 13.1. The van der Waals surface area contributed by atoms with Crippen molar-refractivity contribution in [1.29, 1.82) is 0 Å². The molecule has 0 amide bonds. The highest BCUT2D eigenvalue weighted by Gasteiger charge is 2.11. The quantitative estimate of drug-likeness (QED) is 0.694. The van der Waals surface area contributed by atoms with Crippen molar-refractivity contribution in [2.45, 2.75) is 6.54 Å². The van der Waals surface area contributed by atoms with Crippen LogP contribution in [0, 0.1) is 5.82 Å². The Bertz CT molecular complexity index is 293.